The first-order valence-corrected chi connectivity index (χ1v) is 6.74. The van der Waals surface area contributed by atoms with Gasteiger partial charge in [0.15, 0.2) is 11.6 Å². The summed E-state index contributed by atoms with van der Waals surface area (Å²) in [5, 5.41) is 0. The predicted molar refractivity (Wildman–Crippen MR) is 82.1 cm³/mol. The topological polar surface area (TPSA) is 42.9 Å². The number of aromatic nitrogens is 2. The summed E-state index contributed by atoms with van der Waals surface area (Å²) >= 11 is 0. The van der Waals surface area contributed by atoms with Gasteiger partial charge in [0.05, 0.1) is 11.3 Å². The highest BCUT2D eigenvalue weighted by Crippen LogP contribution is 2.17. The van der Waals surface area contributed by atoms with Crippen LogP contribution in [-0.2, 0) is 0 Å². The van der Waals surface area contributed by atoms with E-state index in [1.54, 1.807) is 18.3 Å². The first-order chi connectivity index (χ1) is 10.3. The molecule has 0 saturated heterocycles. The molecule has 0 N–H and O–H groups in total. The van der Waals surface area contributed by atoms with Gasteiger partial charge >= 0.3 is 0 Å². The van der Waals surface area contributed by atoms with E-state index in [9.17, 15) is 4.79 Å². The monoisotopic (exact) mass is 274 g/mol. The number of hydrogen-bond acceptors (Lipinski definition) is 3. The number of nitrogens with zero attached hydrogens (tertiary/aromatic N) is 2. The molecule has 3 nitrogen and oxygen atoms in total. The number of benzene rings is 2. The summed E-state index contributed by atoms with van der Waals surface area (Å²) in [6.07, 6.45) is 1.61. The third-order valence-electron chi connectivity index (χ3n) is 3.29. The number of rotatable bonds is 3. The largest absolute Gasteiger partial charge is 0.288 e. The van der Waals surface area contributed by atoms with E-state index in [4.69, 9.17) is 0 Å². The highest BCUT2D eigenvalue weighted by molar-refractivity contribution is 6.09. The Morgan fingerprint density at radius 2 is 1.52 bits per heavy atom. The van der Waals surface area contributed by atoms with Crippen LogP contribution < -0.4 is 0 Å². The van der Waals surface area contributed by atoms with Crippen molar-refractivity contribution in [2.24, 2.45) is 0 Å². The molecule has 3 heteroatoms. The minimum atomic E-state index is -0.0484. The van der Waals surface area contributed by atoms with E-state index in [0.717, 1.165) is 5.56 Å². The summed E-state index contributed by atoms with van der Waals surface area (Å²) < 4.78 is 0. The summed E-state index contributed by atoms with van der Waals surface area (Å²) in [6.45, 7) is 1.84. The Kier molecular flexibility index (Phi) is 3.56. The summed E-state index contributed by atoms with van der Waals surface area (Å²) in [7, 11) is 0. The smallest absolute Gasteiger partial charge is 0.196 e. The maximum absolute atomic E-state index is 12.4. The molecule has 0 bridgehead atoms. The molecule has 0 atom stereocenters. The summed E-state index contributed by atoms with van der Waals surface area (Å²) in [4.78, 5) is 21.2. The number of carbonyl (C=O) groups excluding carboxylic acids is 1. The van der Waals surface area contributed by atoms with Crippen LogP contribution in [0.1, 0.15) is 21.6 Å². The van der Waals surface area contributed by atoms with E-state index >= 15 is 0 Å². The first-order valence-electron chi connectivity index (χ1n) is 6.74. The van der Waals surface area contributed by atoms with E-state index in [1.807, 2.05) is 55.5 Å². The van der Waals surface area contributed by atoms with Crippen LogP contribution in [0.3, 0.4) is 0 Å². The summed E-state index contributed by atoms with van der Waals surface area (Å²) in [5.74, 6) is 0.588. The molecule has 0 saturated carbocycles. The van der Waals surface area contributed by atoms with E-state index in [1.165, 1.54) is 0 Å². The molecule has 0 spiro atoms. The fourth-order valence-corrected chi connectivity index (χ4v) is 2.16. The molecule has 2 aromatic carbocycles. The molecule has 0 unspecified atom stereocenters. The van der Waals surface area contributed by atoms with Gasteiger partial charge in [-0.05, 0) is 6.92 Å². The second kappa shape index (κ2) is 5.67. The maximum atomic E-state index is 12.4. The molecule has 1 aromatic heterocycles. The fourth-order valence-electron chi connectivity index (χ4n) is 2.16. The van der Waals surface area contributed by atoms with Gasteiger partial charge in [0.2, 0.25) is 0 Å². The highest BCUT2D eigenvalue weighted by atomic mass is 16.1. The molecular weight excluding hydrogens is 260 g/mol. The lowest BCUT2D eigenvalue weighted by Gasteiger charge is -2.06. The Balaban J connectivity index is 1.98. The van der Waals surface area contributed by atoms with Crippen molar-refractivity contribution in [1.82, 2.24) is 9.97 Å². The van der Waals surface area contributed by atoms with Crippen molar-refractivity contribution in [3.05, 3.63) is 83.7 Å². The molecule has 0 aliphatic rings. The molecule has 0 radical (unpaired) electrons. The van der Waals surface area contributed by atoms with Gasteiger partial charge in [-0.3, -0.25) is 4.79 Å². The highest BCUT2D eigenvalue weighted by Gasteiger charge is 2.14. The maximum Gasteiger partial charge on any atom is 0.196 e. The van der Waals surface area contributed by atoms with Gasteiger partial charge in [-0.25, -0.2) is 9.97 Å². The zero-order valence-electron chi connectivity index (χ0n) is 11.7. The Morgan fingerprint density at radius 1 is 0.905 bits per heavy atom. The third kappa shape index (κ3) is 2.72. The van der Waals surface area contributed by atoms with Gasteiger partial charge in [0.1, 0.15) is 0 Å². The van der Waals surface area contributed by atoms with Crippen LogP contribution in [0, 0.1) is 6.92 Å². The molecule has 0 amide bonds. The van der Waals surface area contributed by atoms with Gasteiger partial charge in [-0.2, -0.15) is 0 Å². The van der Waals surface area contributed by atoms with Crippen LogP contribution in [-0.4, -0.2) is 15.8 Å². The summed E-state index contributed by atoms with van der Waals surface area (Å²) in [5.41, 5.74) is 2.83. The van der Waals surface area contributed by atoms with E-state index < -0.39 is 0 Å². The van der Waals surface area contributed by atoms with Crippen LogP contribution >= 0.6 is 0 Å². The Labute approximate surface area is 123 Å². The van der Waals surface area contributed by atoms with E-state index in [2.05, 4.69) is 9.97 Å². The molecular formula is C18H14N2O. The van der Waals surface area contributed by atoms with Crippen LogP contribution in [0.15, 0.2) is 66.9 Å². The van der Waals surface area contributed by atoms with Crippen LogP contribution in [0.4, 0.5) is 0 Å². The molecule has 0 aliphatic carbocycles. The Hall–Kier alpha value is -2.81. The quantitative estimate of drug-likeness (QED) is 0.684. The van der Waals surface area contributed by atoms with Crippen molar-refractivity contribution in [1.29, 1.82) is 0 Å². The minimum Gasteiger partial charge on any atom is -0.288 e. The average Bonchev–Trinajstić information content (AvgIpc) is 2.56. The number of aryl methyl sites for hydroxylation is 1. The first kappa shape index (κ1) is 13.2. The molecule has 3 rings (SSSR count). The van der Waals surface area contributed by atoms with Gasteiger partial charge in [-0.1, -0.05) is 60.7 Å². The Morgan fingerprint density at radius 3 is 2.14 bits per heavy atom. The van der Waals surface area contributed by atoms with Gasteiger partial charge in [0, 0.05) is 17.3 Å². The van der Waals surface area contributed by atoms with Crippen LogP contribution in [0.2, 0.25) is 0 Å². The van der Waals surface area contributed by atoms with Crippen molar-refractivity contribution in [2.75, 3.05) is 0 Å². The average molecular weight is 274 g/mol. The van der Waals surface area contributed by atoms with Crippen molar-refractivity contribution in [3.63, 3.8) is 0 Å². The van der Waals surface area contributed by atoms with E-state index in [0.29, 0.717) is 22.6 Å². The van der Waals surface area contributed by atoms with Crippen molar-refractivity contribution < 1.29 is 4.79 Å². The normalized spacial score (nSPS) is 10.3. The second-order valence-corrected chi connectivity index (χ2v) is 4.75. The standard InChI is InChI=1S/C18H14N2O/c1-13-16(17(21)14-8-4-2-5-9-14)12-19-18(20-13)15-10-6-3-7-11-15/h2-12H,1H3. The molecule has 1 heterocycles. The van der Waals surface area contributed by atoms with Crippen molar-refractivity contribution >= 4 is 5.78 Å². The van der Waals surface area contributed by atoms with Crippen LogP contribution in [0.5, 0.6) is 0 Å². The number of hydrogen-bond donors (Lipinski definition) is 0. The van der Waals surface area contributed by atoms with E-state index in [-0.39, 0.29) is 5.78 Å². The fraction of sp³-hybridized carbons (Fsp3) is 0.0556. The molecule has 21 heavy (non-hydrogen) atoms. The van der Waals surface area contributed by atoms with Gasteiger partial charge in [-0.15, -0.1) is 0 Å². The lowest BCUT2D eigenvalue weighted by Crippen LogP contribution is -2.07. The molecule has 102 valence electrons. The third-order valence-corrected chi connectivity index (χ3v) is 3.29. The zero-order valence-corrected chi connectivity index (χ0v) is 11.7. The molecule has 3 aromatic rings. The lowest BCUT2D eigenvalue weighted by molar-refractivity contribution is 0.103. The van der Waals surface area contributed by atoms with Crippen molar-refractivity contribution in [3.8, 4) is 11.4 Å². The molecule has 0 aliphatic heterocycles. The number of ketones is 1. The minimum absolute atomic E-state index is 0.0484. The van der Waals surface area contributed by atoms with Gasteiger partial charge < -0.3 is 0 Å². The molecule has 0 fully saturated rings. The predicted octanol–water partition coefficient (Wildman–Crippen LogP) is 3.68. The lowest BCUT2D eigenvalue weighted by atomic mass is 10.0. The van der Waals surface area contributed by atoms with Crippen LogP contribution in [0.25, 0.3) is 11.4 Å². The zero-order chi connectivity index (χ0) is 14.7. The SMILES string of the molecule is Cc1nc(-c2ccccc2)ncc1C(=O)c1ccccc1. The number of carbonyl (C=O) groups is 1. The summed E-state index contributed by atoms with van der Waals surface area (Å²) in [6, 6.07) is 18.9. The second-order valence-electron chi connectivity index (χ2n) is 4.75. The Bertz CT molecular complexity index is 768. The van der Waals surface area contributed by atoms with Crippen molar-refractivity contribution in [2.45, 2.75) is 6.92 Å². The van der Waals surface area contributed by atoms with Gasteiger partial charge in [0.25, 0.3) is 0 Å².